The number of hydrogen-bond acceptors (Lipinski definition) is 4. The molecule has 0 radical (unpaired) electrons. The fraction of sp³-hybridized carbons (Fsp3) is 0.552. The van der Waals surface area contributed by atoms with Gasteiger partial charge in [-0.25, -0.2) is 0 Å². The Hall–Kier alpha value is -2.21. The quantitative estimate of drug-likeness (QED) is 0.323. The number of epoxide rings is 1. The molecule has 9 atom stereocenters. The molecule has 0 saturated carbocycles. The maximum Gasteiger partial charge on any atom is 0.227 e. The largest absolute Gasteiger partial charge is 0.390 e. The molecule has 0 spiro atoms. The summed E-state index contributed by atoms with van der Waals surface area (Å²) in [6, 6.07) is -0.228. The minimum Gasteiger partial charge on any atom is -0.390 e. The molecule has 0 bridgehead atoms. The number of hydrogen-bond donors (Lipinski definition) is 3. The van der Waals surface area contributed by atoms with Crippen molar-refractivity contribution in [3.05, 3.63) is 71.9 Å². The van der Waals surface area contributed by atoms with E-state index in [2.05, 4.69) is 49.5 Å². The SMILES string of the molecule is CCCC=C/C=C/C[C@H]1C[C@@H](O)[C@@H](O)[C@@H]2/C(C)=C\[C@H]3C=C[C@H]4O[C@H]4[C@@H]3/C(C)=C\C=C/[C@@H]2C(=O)N1. The van der Waals surface area contributed by atoms with Crippen molar-refractivity contribution in [2.24, 2.45) is 23.7 Å². The highest BCUT2D eigenvalue weighted by Gasteiger charge is 2.49. The van der Waals surface area contributed by atoms with E-state index in [1.807, 2.05) is 37.3 Å². The maximum atomic E-state index is 13.4. The summed E-state index contributed by atoms with van der Waals surface area (Å²) in [5, 5.41) is 25.3. The number of unbranched alkanes of at least 4 members (excludes halogenated alkanes) is 1. The number of aliphatic hydroxyl groups excluding tert-OH is 2. The van der Waals surface area contributed by atoms with E-state index in [1.165, 1.54) is 5.57 Å². The third kappa shape index (κ3) is 5.54. The number of rotatable bonds is 5. The van der Waals surface area contributed by atoms with Crippen molar-refractivity contribution in [2.45, 2.75) is 76.9 Å². The van der Waals surface area contributed by atoms with Gasteiger partial charge in [-0.3, -0.25) is 4.79 Å². The molecule has 2 fully saturated rings. The molecular weight excluding hydrogens is 426 g/mol. The van der Waals surface area contributed by atoms with Crippen molar-refractivity contribution in [3.63, 3.8) is 0 Å². The third-order valence-electron chi connectivity index (χ3n) is 7.62. The Morgan fingerprint density at radius 1 is 1.09 bits per heavy atom. The molecule has 5 heteroatoms. The molecule has 2 aliphatic heterocycles. The average molecular weight is 466 g/mol. The van der Waals surface area contributed by atoms with E-state index >= 15 is 0 Å². The number of carbonyl (C=O) groups excluding carboxylic acids is 1. The minimum atomic E-state index is -1.02. The number of aliphatic hydroxyl groups is 2. The monoisotopic (exact) mass is 465 g/mol. The van der Waals surface area contributed by atoms with Gasteiger partial charge >= 0.3 is 0 Å². The first-order chi connectivity index (χ1) is 16.4. The first-order valence-corrected chi connectivity index (χ1v) is 12.8. The van der Waals surface area contributed by atoms with Crippen molar-refractivity contribution in [1.29, 1.82) is 0 Å². The zero-order valence-electron chi connectivity index (χ0n) is 20.5. The number of amides is 1. The molecular formula is C29H39NO4. The topological polar surface area (TPSA) is 82.1 Å². The van der Waals surface area contributed by atoms with E-state index in [1.54, 1.807) is 0 Å². The number of nitrogens with one attached hydrogen (secondary N) is 1. The van der Waals surface area contributed by atoms with Crippen LogP contribution in [0.3, 0.4) is 0 Å². The summed E-state index contributed by atoms with van der Waals surface area (Å²) in [5.41, 5.74) is 2.16. The fourth-order valence-electron chi connectivity index (χ4n) is 5.71. The van der Waals surface area contributed by atoms with Gasteiger partial charge < -0.3 is 20.3 Å². The third-order valence-corrected chi connectivity index (χ3v) is 7.62. The van der Waals surface area contributed by atoms with Gasteiger partial charge in [-0.2, -0.15) is 0 Å². The minimum absolute atomic E-state index is 0.104. The van der Waals surface area contributed by atoms with Gasteiger partial charge in [-0.05, 0) is 33.1 Å². The van der Waals surface area contributed by atoms with Gasteiger partial charge in [0.1, 0.15) is 6.10 Å². The van der Waals surface area contributed by atoms with Crippen molar-refractivity contribution in [3.8, 4) is 0 Å². The molecule has 2 saturated heterocycles. The van der Waals surface area contributed by atoms with Crippen LogP contribution in [0.15, 0.2) is 71.9 Å². The van der Waals surface area contributed by atoms with Crippen LogP contribution in [0, 0.1) is 23.7 Å². The lowest BCUT2D eigenvalue weighted by Crippen LogP contribution is -2.51. The Labute approximate surface area is 203 Å². The molecule has 4 aliphatic rings. The van der Waals surface area contributed by atoms with E-state index in [4.69, 9.17) is 4.74 Å². The Morgan fingerprint density at radius 3 is 2.68 bits per heavy atom. The smallest absolute Gasteiger partial charge is 0.227 e. The van der Waals surface area contributed by atoms with Crippen LogP contribution in [-0.4, -0.2) is 46.6 Å². The Morgan fingerprint density at radius 2 is 1.88 bits per heavy atom. The van der Waals surface area contributed by atoms with E-state index in [0.717, 1.165) is 18.4 Å². The number of ether oxygens (including phenoxy) is 1. The molecule has 0 aromatic heterocycles. The van der Waals surface area contributed by atoms with E-state index in [9.17, 15) is 15.0 Å². The Kier molecular flexibility index (Phi) is 8.07. The first kappa shape index (κ1) is 24.9. The molecule has 2 heterocycles. The highest BCUT2D eigenvalue weighted by molar-refractivity contribution is 5.82. The zero-order chi connectivity index (χ0) is 24.2. The predicted molar refractivity (Wildman–Crippen MR) is 135 cm³/mol. The van der Waals surface area contributed by atoms with E-state index in [0.29, 0.717) is 12.8 Å². The van der Waals surface area contributed by atoms with Gasteiger partial charge in [0.15, 0.2) is 0 Å². The summed E-state index contributed by atoms with van der Waals surface area (Å²) in [7, 11) is 0. The predicted octanol–water partition coefficient (Wildman–Crippen LogP) is 4.16. The second kappa shape index (κ2) is 11.0. The van der Waals surface area contributed by atoms with Crippen molar-refractivity contribution in [2.75, 3.05) is 0 Å². The average Bonchev–Trinajstić information content (AvgIpc) is 3.58. The van der Waals surface area contributed by atoms with Crippen LogP contribution in [0.5, 0.6) is 0 Å². The first-order valence-electron chi connectivity index (χ1n) is 12.8. The van der Waals surface area contributed by atoms with Crippen LogP contribution < -0.4 is 5.32 Å². The number of carbonyl (C=O) groups is 1. The highest BCUT2D eigenvalue weighted by atomic mass is 16.6. The van der Waals surface area contributed by atoms with Gasteiger partial charge in [-0.15, -0.1) is 0 Å². The molecule has 1 amide bonds. The lowest BCUT2D eigenvalue weighted by Gasteiger charge is -2.38. The molecule has 0 aromatic rings. The van der Waals surface area contributed by atoms with Crippen LogP contribution in [0.2, 0.25) is 0 Å². The van der Waals surface area contributed by atoms with E-state index < -0.39 is 24.0 Å². The van der Waals surface area contributed by atoms with Gasteiger partial charge in [0.05, 0.1) is 24.2 Å². The highest BCUT2D eigenvalue weighted by Crippen LogP contribution is 2.45. The van der Waals surface area contributed by atoms with Crippen LogP contribution in [0.25, 0.3) is 0 Å². The van der Waals surface area contributed by atoms with Crippen LogP contribution >= 0.6 is 0 Å². The molecule has 0 aromatic carbocycles. The fourth-order valence-corrected chi connectivity index (χ4v) is 5.71. The van der Waals surface area contributed by atoms with Crippen molar-refractivity contribution >= 4 is 5.91 Å². The van der Waals surface area contributed by atoms with Crippen molar-refractivity contribution in [1.82, 2.24) is 5.32 Å². The molecule has 0 unspecified atom stereocenters. The lowest BCUT2D eigenvalue weighted by atomic mass is 9.72. The summed E-state index contributed by atoms with van der Waals surface area (Å²) >= 11 is 0. The van der Waals surface area contributed by atoms with Crippen LogP contribution in [-0.2, 0) is 9.53 Å². The molecule has 5 nitrogen and oxygen atoms in total. The molecule has 2 aliphatic carbocycles. The summed E-state index contributed by atoms with van der Waals surface area (Å²) < 4.78 is 5.85. The second-order valence-corrected chi connectivity index (χ2v) is 10.2. The Balaban J connectivity index is 1.58. The van der Waals surface area contributed by atoms with Crippen molar-refractivity contribution < 1.29 is 19.7 Å². The standard InChI is InChI=1S/C29H39NO4/c1-4-5-6-7-8-9-12-21-17-23(31)27(32)26-19(3)16-20-14-15-24-28(34-24)25(20)18(2)11-10-13-22(26)29(33)30-21/h6-11,13-16,20-28,31-32H,4-5,12,17H2,1-3H3,(H,30,33)/b7-6?,9-8+,13-10-,18-11-,19-16-/t20-,21+,22+,23-,24-,25-,26-,27-,28-/m1/s1. The van der Waals surface area contributed by atoms with Gasteiger partial charge in [0.2, 0.25) is 5.91 Å². The van der Waals surface area contributed by atoms with E-state index in [-0.39, 0.29) is 36.0 Å². The molecule has 184 valence electrons. The summed E-state index contributed by atoms with van der Waals surface area (Å²) in [5.74, 6) is -0.761. The summed E-state index contributed by atoms with van der Waals surface area (Å²) in [6.07, 6.45) is 22.0. The normalized spacial score (nSPS) is 43.9. The Bertz CT molecular complexity index is 926. The lowest BCUT2D eigenvalue weighted by molar-refractivity contribution is -0.130. The molecule has 34 heavy (non-hydrogen) atoms. The van der Waals surface area contributed by atoms with Gasteiger partial charge in [0, 0.05) is 23.8 Å². The molecule has 4 rings (SSSR count). The zero-order valence-corrected chi connectivity index (χ0v) is 20.5. The maximum absolute atomic E-state index is 13.4. The van der Waals surface area contributed by atoms with Crippen LogP contribution in [0.1, 0.15) is 46.5 Å². The van der Waals surface area contributed by atoms with Gasteiger partial charge in [-0.1, -0.05) is 85.3 Å². The van der Waals surface area contributed by atoms with Gasteiger partial charge in [0.25, 0.3) is 0 Å². The summed E-state index contributed by atoms with van der Waals surface area (Å²) in [4.78, 5) is 13.4. The number of fused-ring (bicyclic) bond motifs is 4. The number of allylic oxidation sites excluding steroid dienone is 7. The van der Waals surface area contributed by atoms with Crippen LogP contribution in [0.4, 0.5) is 0 Å². The molecule has 3 N–H and O–H groups in total. The summed E-state index contributed by atoms with van der Waals surface area (Å²) in [6.45, 7) is 6.24. The second-order valence-electron chi connectivity index (χ2n) is 10.2.